The molecule has 0 radical (unpaired) electrons. The topological polar surface area (TPSA) is 91.9 Å². The summed E-state index contributed by atoms with van der Waals surface area (Å²) in [5.41, 5.74) is 3.23. The first kappa shape index (κ1) is 18.6. The van der Waals surface area contributed by atoms with E-state index in [1.807, 2.05) is 32.0 Å². The van der Waals surface area contributed by atoms with Crippen molar-refractivity contribution in [3.63, 3.8) is 0 Å². The number of halogens is 1. The number of hydrogen-bond acceptors (Lipinski definition) is 4. The van der Waals surface area contributed by atoms with Crippen LogP contribution in [0.1, 0.15) is 16.7 Å². The van der Waals surface area contributed by atoms with Crippen LogP contribution in [0.5, 0.6) is 0 Å². The molecule has 6 nitrogen and oxygen atoms in total. The number of H-pyrrole nitrogens is 1. The van der Waals surface area contributed by atoms with Crippen molar-refractivity contribution in [3.05, 3.63) is 68.7 Å². The average molecular weight is 392 g/mol. The molecule has 0 unspecified atom stereocenters. The molecule has 2 N–H and O–H groups in total. The summed E-state index contributed by atoms with van der Waals surface area (Å²) in [6.07, 6.45) is 1.47. The first-order chi connectivity index (χ1) is 12.3. The van der Waals surface area contributed by atoms with Crippen molar-refractivity contribution in [1.82, 2.24) is 14.7 Å². The summed E-state index contributed by atoms with van der Waals surface area (Å²) in [5, 5.41) is 1.17. The first-order valence-electron chi connectivity index (χ1n) is 8.01. The van der Waals surface area contributed by atoms with E-state index < -0.39 is 10.0 Å². The molecule has 1 aromatic carbocycles. The molecule has 3 aromatic rings. The molecular weight excluding hydrogens is 374 g/mol. The Balaban J connectivity index is 1.78. The van der Waals surface area contributed by atoms with Gasteiger partial charge < -0.3 is 4.98 Å². The van der Waals surface area contributed by atoms with E-state index in [9.17, 15) is 13.2 Å². The molecule has 0 aliphatic carbocycles. The van der Waals surface area contributed by atoms with E-state index in [-0.39, 0.29) is 28.6 Å². The van der Waals surface area contributed by atoms with E-state index >= 15 is 0 Å². The highest BCUT2D eigenvalue weighted by molar-refractivity contribution is 7.89. The number of pyridine rings is 2. The third-order valence-electron chi connectivity index (χ3n) is 4.09. The first-order valence-corrected chi connectivity index (χ1v) is 9.87. The van der Waals surface area contributed by atoms with Crippen molar-refractivity contribution in [2.45, 2.75) is 25.2 Å². The van der Waals surface area contributed by atoms with Gasteiger partial charge in [0.1, 0.15) is 10.0 Å². The molecule has 0 amide bonds. The number of hydrogen-bond donors (Lipinski definition) is 2. The summed E-state index contributed by atoms with van der Waals surface area (Å²) >= 11 is 5.67. The number of aromatic nitrogens is 2. The van der Waals surface area contributed by atoms with Crippen LogP contribution in [0.2, 0.25) is 5.15 Å². The second kappa shape index (κ2) is 7.19. The smallest absolute Gasteiger partial charge is 0.251 e. The fourth-order valence-electron chi connectivity index (χ4n) is 2.83. The van der Waals surface area contributed by atoms with E-state index in [1.54, 1.807) is 0 Å². The van der Waals surface area contributed by atoms with Gasteiger partial charge >= 0.3 is 0 Å². The summed E-state index contributed by atoms with van der Waals surface area (Å²) in [5.74, 6) is 0. The lowest BCUT2D eigenvalue weighted by atomic mass is 10.0. The third-order valence-corrected chi connectivity index (χ3v) is 5.76. The maximum Gasteiger partial charge on any atom is 0.251 e. The van der Waals surface area contributed by atoms with Gasteiger partial charge in [0.05, 0.1) is 0 Å². The van der Waals surface area contributed by atoms with Crippen LogP contribution in [0.25, 0.3) is 10.9 Å². The second-order valence-corrected chi connectivity index (χ2v) is 8.29. The van der Waals surface area contributed by atoms with Crippen LogP contribution in [0.4, 0.5) is 0 Å². The van der Waals surface area contributed by atoms with Crippen molar-refractivity contribution in [3.8, 4) is 0 Å². The van der Waals surface area contributed by atoms with Crippen molar-refractivity contribution in [2.24, 2.45) is 0 Å². The zero-order valence-electron chi connectivity index (χ0n) is 14.3. The summed E-state index contributed by atoms with van der Waals surface area (Å²) in [4.78, 5) is 18.9. The summed E-state index contributed by atoms with van der Waals surface area (Å²) in [6, 6.07) is 8.58. The molecule has 3 rings (SSSR count). The minimum Gasteiger partial charge on any atom is -0.322 e. The van der Waals surface area contributed by atoms with Crippen LogP contribution >= 0.6 is 11.6 Å². The predicted octanol–water partition coefficient (Wildman–Crippen LogP) is 2.71. The van der Waals surface area contributed by atoms with Gasteiger partial charge in [0, 0.05) is 29.2 Å². The zero-order chi connectivity index (χ0) is 18.9. The Hall–Kier alpha value is -2.22. The lowest BCUT2D eigenvalue weighted by Gasteiger charge is -2.09. The van der Waals surface area contributed by atoms with Gasteiger partial charge in [0.15, 0.2) is 0 Å². The van der Waals surface area contributed by atoms with Crippen molar-refractivity contribution in [2.75, 3.05) is 6.54 Å². The number of aromatic amines is 1. The molecule has 2 aromatic heterocycles. The summed E-state index contributed by atoms with van der Waals surface area (Å²) < 4.78 is 27.0. The molecule has 0 saturated heterocycles. The molecular formula is C18H18ClN3O3S. The number of nitrogens with zero attached hydrogens (tertiary/aromatic N) is 1. The fraction of sp³-hybridized carbons (Fsp3) is 0.222. The van der Waals surface area contributed by atoms with Crippen LogP contribution in [0, 0.1) is 13.8 Å². The fourth-order valence-corrected chi connectivity index (χ4v) is 3.91. The highest BCUT2D eigenvalue weighted by Crippen LogP contribution is 2.18. The summed E-state index contributed by atoms with van der Waals surface area (Å²) in [7, 11) is -3.70. The number of sulfonamides is 1. The van der Waals surface area contributed by atoms with Gasteiger partial charge in [0.2, 0.25) is 10.0 Å². The van der Waals surface area contributed by atoms with Gasteiger partial charge in [-0.25, -0.2) is 18.1 Å². The minimum absolute atomic E-state index is 0.0284. The molecule has 0 fully saturated rings. The van der Waals surface area contributed by atoms with Crippen LogP contribution in [0.15, 0.2) is 46.2 Å². The van der Waals surface area contributed by atoms with Crippen LogP contribution in [0.3, 0.4) is 0 Å². The van der Waals surface area contributed by atoms with Gasteiger partial charge in [0.25, 0.3) is 5.56 Å². The standard InChI is InChI=1S/C18H18ClN3O3S/c1-11-7-12(2)15-9-13(18(23)22-16(15)8-11)5-6-21-26(24,25)14-3-4-17(19)20-10-14/h3-4,7-10,21H,5-6H2,1-2H3,(H,22,23). The normalized spacial score (nSPS) is 11.8. The molecule has 0 bridgehead atoms. The van der Waals surface area contributed by atoms with Crippen molar-refractivity contribution >= 4 is 32.5 Å². The van der Waals surface area contributed by atoms with E-state index in [1.165, 1.54) is 18.3 Å². The Morgan fingerprint density at radius 1 is 1.19 bits per heavy atom. The molecule has 0 aliphatic rings. The van der Waals surface area contributed by atoms with Crippen LogP contribution in [-0.2, 0) is 16.4 Å². The Labute approximate surface area is 156 Å². The molecule has 0 atom stereocenters. The number of rotatable bonds is 5. The minimum atomic E-state index is -3.70. The van der Waals surface area contributed by atoms with Gasteiger partial charge in [-0.15, -0.1) is 0 Å². The van der Waals surface area contributed by atoms with Crippen LogP contribution < -0.4 is 10.3 Å². The monoisotopic (exact) mass is 391 g/mol. The lowest BCUT2D eigenvalue weighted by Crippen LogP contribution is -2.27. The Morgan fingerprint density at radius 3 is 2.65 bits per heavy atom. The van der Waals surface area contributed by atoms with Gasteiger partial charge in [-0.3, -0.25) is 4.79 Å². The van der Waals surface area contributed by atoms with Crippen molar-refractivity contribution in [1.29, 1.82) is 0 Å². The zero-order valence-corrected chi connectivity index (χ0v) is 15.9. The van der Waals surface area contributed by atoms with E-state index in [2.05, 4.69) is 14.7 Å². The number of benzene rings is 1. The van der Waals surface area contributed by atoms with E-state index in [0.717, 1.165) is 22.0 Å². The average Bonchev–Trinajstić information content (AvgIpc) is 2.56. The highest BCUT2D eigenvalue weighted by atomic mass is 35.5. The van der Waals surface area contributed by atoms with E-state index in [0.29, 0.717) is 5.56 Å². The summed E-state index contributed by atoms with van der Waals surface area (Å²) in [6.45, 7) is 4.05. The molecule has 2 heterocycles. The second-order valence-electron chi connectivity index (χ2n) is 6.13. The molecule has 136 valence electrons. The van der Waals surface area contributed by atoms with Gasteiger partial charge in [-0.05, 0) is 55.7 Å². The Kier molecular flexibility index (Phi) is 5.13. The highest BCUT2D eigenvalue weighted by Gasteiger charge is 2.14. The van der Waals surface area contributed by atoms with E-state index in [4.69, 9.17) is 11.6 Å². The molecule has 0 saturated carbocycles. The number of fused-ring (bicyclic) bond motifs is 1. The maximum atomic E-state index is 12.3. The lowest BCUT2D eigenvalue weighted by molar-refractivity contribution is 0.581. The Bertz CT molecular complexity index is 1120. The quantitative estimate of drug-likeness (QED) is 0.654. The number of aryl methyl sites for hydroxylation is 2. The molecule has 26 heavy (non-hydrogen) atoms. The molecule has 0 aliphatic heterocycles. The van der Waals surface area contributed by atoms with Crippen molar-refractivity contribution < 1.29 is 8.42 Å². The van der Waals surface area contributed by atoms with Gasteiger partial charge in [-0.1, -0.05) is 17.7 Å². The molecule has 8 heteroatoms. The predicted molar refractivity (Wildman–Crippen MR) is 102 cm³/mol. The Morgan fingerprint density at radius 2 is 1.96 bits per heavy atom. The SMILES string of the molecule is Cc1cc(C)c2cc(CCNS(=O)(=O)c3ccc(Cl)nc3)c(=O)[nH]c2c1. The largest absolute Gasteiger partial charge is 0.322 e. The maximum absolute atomic E-state index is 12.3. The van der Waals surface area contributed by atoms with Crippen LogP contribution in [-0.4, -0.2) is 24.9 Å². The molecule has 0 spiro atoms. The van der Waals surface area contributed by atoms with Gasteiger partial charge in [-0.2, -0.15) is 0 Å². The third kappa shape index (κ3) is 3.95. The number of nitrogens with one attached hydrogen (secondary N) is 2.